The van der Waals surface area contributed by atoms with E-state index in [9.17, 15) is 4.79 Å². The minimum atomic E-state index is -0.167. The minimum Gasteiger partial charge on any atom is -1.00 e. The van der Waals surface area contributed by atoms with Crippen LogP contribution in [-0.4, -0.2) is 49.8 Å². The van der Waals surface area contributed by atoms with E-state index in [1.165, 1.54) is 6.92 Å². The number of hydrogen-bond donors (Lipinski definition) is 0. The van der Waals surface area contributed by atoms with Crippen molar-refractivity contribution in [2.75, 3.05) is 32.8 Å². The number of halogens is 1. The minimum absolute atomic E-state index is 0. The van der Waals surface area contributed by atoms with Crippen molar-refractivity contribution in [3.8, 4) is 0 Å². The SMILES string of the molecule is CCOCCN1CCC(OC(C)=O)C(C)C1.[Cl-]. The van der Waals surface area contributed by atoms with Crippen molar-refractivity contribution in [2.24, 2.45) is 5.92 Å². The third kappa shape index (κ3) is 6.24. The van der Waals surface area contributed by atoms with E-state index in [1.54, 1.807) is 0 Å². The van der Waals surface area contributed by atoms with Crippen molar-refractivity contribution in [2.45, 2.75) is 33.3 Å². The molecule has 0 aromatic rings. The van der Waals surface area contributed by atoms with E-state index in [2.05, 4.69) is 11.8 Å². The quantitative estimate of drug-likeness (QED) is 0.438. The monoisotopic (exact) mass is 264 g/mol. The van der Waals surface area contributed by atoms with Gasteiger partial charge >= 0.3 is 5.97 Å². The smallest absolute Gasteiger partial charge is 0.302 e. The Morgan fingerprint density at radius 1 is 1.47 bits per heavy atom. The van der Waals surface area contributed by atoms with Crippen LogP contribution in [0.25, 0.3) is 0 Å². The molecular weight excluding hydrogens is 242 g/mol. The normalized spacial score (nSPS) is 25.1. The number of piperidine rings is 1. The average Bonchev–Trinajstić information content (AvgIpc) is 2.22. The van der Waals surface area contributed by atoms with Crippen LogP contribution in [0.4, 0.5) is 0 Å². The Kier molecular flexibility index (Phi) is 8.56. The molecule has 0 bridgehead atoms. The lowest BCUT2D eigenvalue weighted by Crippen LogP contribution is -3.00. The van der Waals surface area contributed by atoms with Crippen LogP contribution in [0.1, 0.15) is 27.2 Å². The van der Waals surface area contributed by atoms with Gasteiger partial charge in [-0.1, -0.05) is 6.92 Å². The van der Waals surface area contributed by atoms with Gasteiger partial charge in [0.1, 0.15) is 6.10 Å². The van der Waals surface area contributed by atoms with Crippen molar-refractivity contribution >= 4 is 5.97 Å². The molecule has 5 heteroatoms. The van der Waals surface area contributed by atoms with Gasteiger partial charge in [0.05, 0.1) is 6.61 Å². The molecule has 1 heterocycles. The predicted octanol–water partition coefficient (Wildman–Crippen LogP) is -1.70. The Labute approximate surface area is 110 Å². The Hall–Kier alpha value is -0.320. The molecule has 2 atom stereocenters. The van der Waals surface area contributed by atoms with Gasteiger partial charge in [0.25, 0.3) is 0 Å². The van der Waals surface area contributed by atoms with Crippen LogP contribution >= 0.6 is 0 Å². The van der Waals surface area contributed by atoms with Crippen LogP contribution in [0.15, 0.2) is 0 Å². The molecule has 0 radical (unpaired) electrons. The first-order valence-electron chi connectivity index (χ1n) is 6.10. The molecular formula is C12H23ClNO3-. The summed E-state index contributed by atoms with van der Waals surface area (Å²) in [5.74, 6) is 0.249. The van der Waals surface area contributed by atoms with Gasteiger partial charge in [-0.05, 0) is 13.3 Å². The van der Waals surface area contributed by atoms with E-state index in [4.69, 9.17) is 9.47 Å². The Balaban J connectivity index is 0.00000256. The molecule has 2 unspecified atom stereocenters. The van der Waals surface area contributed by atoms with Gasteiger partial charge in [-0.15, -0.1) is 0 Å². The molecule has 1 saturated heterocycles. The molecule has 0 aromatic heterocycles. The summed E-state index contributed by atoms with van der Waals surface area (Å²) in [7, 11) is 0. The van der Waals surface area contributed by atoms with Crippen LogP contribution in [0.3, 0.4) is 0 Å². The zero-order valence-electron chi connectivity index (χ0n) is 10.9. The third-order valence-electron chi connectivity index (χ3n) is 2.98. The molecule has 1 rings (SSSR count). The van der Waals surface area contributed by atoms with Crippen LogP contribution in [-0.2, 0) is 14.3 Å². The summed E-state index contributed by atoms with van der Waals surface area (Å²) in [6.07, 6.45) is 1.04. The average molecular weight is 265 g/mol. The largest absolute Gasteiger partial charge is 1.00 e. The van der Waals surface area contributed by atoms with Crippen molar-refractivity contribution in [1.82, 2.24) is 4.90 Å². The van der Waals surface area contributed by atoms with Crippen LogP contribution in [0, 0.1) is 5.92 Å². The molecule has 0 N–H and O–H groups in total. The first-order chi connectivity index (χ1) is 7.63. The van der Waals surface area contributed by atoms with Gasteiger partial charge in [-0.3, -0.25) is 4.79 Å². The summed E-state index contributed by atoms with van der Waals surface area (Å²) in [4.78, 5) is 13.3. The highest BCUT2D eigenvalue weighted by Gasteiger charge is 2.27. The third-order valence-corrected chi connectivity index (χ3v) is 2.98. The van der Waals surface area contributed by atoms with E-state index in [0.29, 0.717) is 5.92 Å². The molecule has 102 valence electrons. The molecule has 4 nitrogen and oxygen atoms in total. The Morgan fingerprint density at radius 3 is 2.71 bits per heavy atom. The molecule has 0 saturated carbocycles. The predicted molar refractivity (Wildman–Crippen MR) is 62.3 cm³/mol. The second kappa shape index (κ2) is 8.72. The topological polar surface area (TPSA) is 38.8 Å². The van der Waals surface area contributed by atoms with Gasteiger partial charge in [-0.2, -0.15) is 0 Å². The zero-order valence-corrected chi connectivity index (χ0v) is 11.7. The number of carbonyl (C=O) groups is 1. The fourth-order valence-electron chi connectivity index (χ4n) is 2.14. The van der Waals surface area contributed by atoms with Crippen molar-refractivity contribution in [3.63, 3.8) is 0 Å². The lowest BCUT2D eigenvalue weighted by molar-refractivity contribution is -0.151. The molecule has 0 amide bonds. The van der Waals surface area contributed by atoms with E-state index in [0.717, 1.165) is 39.3 Å². The molecule has 1 aliphatic rings. The van der Waals surface area contributed by atoms with Gasteiger partial charge in [0.15, 0.2) is 0 Å². The molecule has 0 aliphatic carbocycles. The number of nitrogens with zero attached hydrogens (tertiary/aromatic N) is 1. The number of ether oxygens (including phenoxy) is 2. The van der Waals surface area contributed by atoms with E-state index in [1.807, 2.05) is 6.92 Å². The zero-order chi connectivity index (χ0) is 12.0. The summed E-state index contributed by atoms with van der Waals surface area (Å²) in [5.41, 5.74) is 0. The van der Waals surface area contributed by atoms with Crippen molar-refractivity contribution < 1.29 is 26.7 Å². The maximum atomic E-state index is 10.9. The van der Waals surface area contributed by atoms with Crippen molar-refractivity contribution in [3.05, 3.63) is 0 Å². The van der Waals surface area contributed by atoms with Gasteiger partial charge in [0.2, 0.25) is 0 Å². The lowest BCUT2D eigenvalue weighted by atomic mass is 9.96. The Morgan fingerprint density at radius 2 is 2.18 bits per heavy atom. The lowest BCUT2D eigenvalue weighted by Gasteiger charge is -2.36. The van der Waals surface area contributed by atoms with E-state index >= 15 is 0 Å². The second-order valence-corrected chi connectivity index (χ2v) is 4.41. The Bertz CT molecular complexity index is 226. The second-order valence-electron chi connectivity index (χ2n) is 4.41. The molecule has 0 aromatic carbocycles. The van der Waals surface area contributed by atoms with Crippen molar-refractivity contribution in [1.29, 1.82) is 0 Å². The first-order valence-corrected chi connectivity index (χ1v) is 6.10. The summed E-state index contributed by atoms with van der Waals surface area (Å²) in [5, 5.41) is 0. The molecule has 17 heavy (non-hydrogen) atoms. The molecule has 1 fully saturated rings. The van der Waals surface area contributed by atoms with Gasteiger partial charge in [-0.25, -0.2) is 0 Å². The van der Waals surface area contributed by atoms with Gasteiger partial charge in [0, 0.05) is 39.1 Å². The molecule has 1 aliphatic heterocycles. The highest BCUT2D eigenvalue weighted by molar-refractivity contribution is 5.66. The number of carbonyl (C=O) groups excluding carboxylic acids is 1. The number of rotatable bonds is 5. The number of likely N-dealkylation sites (tertiary alicyclic amines) is 1. The summed E-state index contributed by atoms with van der Waals surface area (Å²) < 4.78 is 10.6. The molecule has 0 spiro atoms. The number of hydrogen-bond acceptors (Lipinski definition) is 4. The summed E-state index contributed by atoms with van der Waals surface area (Å²) in [6.45, 7) is 10.2. The van der Waals surface area contributed by atoms with E-state index < -0.39 is 0 Å². The van der Waals surface area contributed by atoms with Crippen LogP contribution in [0.5, 0.6) is 0 Å². The maximum Gasteiger partial charge on any atom is 0.302 e. The highest BCUT2D eigenvalue weighted by atomic mass is 35.5. The van der Waals surface area contributed by atoms with Gasteiger partial charge < -0.3 is 26.8 Å². The van der Waals surface area contributed by atoms with Crippen LogP contribution in [0.2, 0.25) is 0 Å². The first kappa shape index (κ1) is 16.7. The van der Waals surface area contributed by atoms with E-state index in [-0.39, 0.29) is 24.5 Å². The van der Waals surface area contributed by atoms with Crippen LogP contribution < -0.4 is 12.4 Å². The standard InChI is InChI=1S/C12H23NO3.ClH/c1-4-15-8-7-13-6-5-12(10(2)9-13)16-11(3)14;/h10,12H,4-9H2,1-3H3;1H/p-1. The maximum absolute atomic E-state index is 10.9. The summed E-state index contributed by atoms with van der Waals surface area (Å²) in [6, 6.07) is 0. The highest BCUT2D eigenvalue weighted by Crippen LogP contribution is 2.19. The fraction of sp³-hybridized carbons (Fsp3) is 0.917. The summed E-state index contributed by atoms with van der Waals surface area (Å²) >= 11 is 0. The number of esters is 1. The fourth-order valence-corrected chi connectivity index (χ4v) is 2.14.